The molecular weight excluding hydrogens is 293 g/mol. The second kappa shape index (κ2) is 9.88. The molecule has 5 heteroatoms. The molecule has 104 valence electrons. The van der Waals surface area contributed by atoms with E-state index in [9.17, 15) is 0 Å². The average molecular weight is 313 g/mol. The molecule has 0 spiro atoms. The summed E-state index contributed by atoms with van der Waals surface area (Å²) in [4.78, 5) is 0. The van der Waals surface area contributed by atoms with Crippen molar-refractivity contribution in [3.63, 3.8) is 0 Å². The summed E-state index contributed by atoms with van der Waals surface area (Å²) in [5, 5.41) is 4.54. The Bertz CT molecular complexity index is 345. The zero-order valence-electron chi connectivity index (χ0n) is 10.7. The molecule has 1 aromatic rings. The van der Waals surface area contributed by atoms with Gasteiger partial charge in [0.2, 0.25) is 0 Å². The van der Waals surface area contributed by atoms with Gasteiger partial charge in [0.05, 0.1) is 16.1 Å². The zero-order valence-corrected chi connectivity index (χ0v) is 13.0. The fourth-order valence-corrected chi connectivity index (χ4v) is 1.72. The first kappa shape index (κ1) is 18.0. The average Bonchev–Trinajstić information content (AvgIpc) is 2.27. The topological polar surface area (TPSA) is 21.3 Å². The molecule has 0 bridgehead atoms. The smallest absolute Gasteiger partial charge is 0.0595 e. The summed E-state index contributed by atoms with van der Waals surface area (Å²) in [5.74, 6) is 0. The molecule has 0 atom stereocenters. The van der Waals surface area contributed by atoms with Gasteiger partial charge in [0.15, 0.2) is 0 Å². The highest BCUT2D eigenvalue weighted by atomic mass is 35.5. The Labute approximate surface area is 125 Å². The van der Waals surface area contributed by atoms with Gasteiger partial charge in [0.25, 0.3) is 0 Å². The van der Waals surface area contributed by atoms with Gasteiger partial charge in [0.1, 0.15) is 0 Å². The van der Waals surface area contributed by atoms with Gasteiger partial charge >= 0.3 is 0 Å². The molecule has 0 unspecified atom stereocenters. The molecule has 0 radical (unpaired) electrons. The summed E-state index contributed by atoms with van der Waals surface area (Å²) in [6.07, 6.45) is 1.32. The Kier molecular flexibility index (Phi) is 9.88. The monoisotopic (exact) mass is 311 g/mol. The summed E-state index contributed by atoms with van der Waals surface area (Å²) in [5.41, 5.74) is 1.14. The first-order valence-electron chi connectivity index (χ1n) is 5.86. The summed E-state index contributed by atoms with van der Waals surface area (Å²) >= 11 is 11.8. The molecule has 2 nitrogen and oxygen atoms in total. The SMILES string of the molecule is CC(C)OCCCNCc1ccc(Cl)c(Cl)c1.Cl. The second-order valence-corrected chi connectivity index (χ2v) is 5.01. The van der Waals surface area contributed by atoms with Crippen LogP contribution in [-0.2, 0) is 11.3 Å². The first-order valence-corrected chi connectivity index (χ1v) is 6.61. The molecule has 0 aromatic heterocycles. The maximum atomic E-state index is 5.93. The lowest BCUT2D eigenvalue weighted by molar-refractivity contribution is 0.0770. The van der Waals surface area contributed by atoms with Crippen molar-refractivity contribution < 1.29 is 4.74 Å². The minimum absolute atomic E-state index is 0. The molecule has 1 aromatic carbocycles. The highest BCUT2D eigenvalue weighted by Gasteiger charge is 1.99. The summed E-state index contributed by atoms with van der Waals surface area (Å²) < 4.78 is 5.45. The van der Waals surface area contributed by atoms with Gasteiger partial charge < -0.3 is 10.1 Å². The normalized spacial score (nSPS) is 10.5. The van der Waals surface area contributed by atoms with E-state index in [-0.39, 0.29) is 12.4 Å². The van der Waals surface area contributed by atoms with E-state index < -0.39 is 0 Å². The van der Waals surface area contributed by atoms with Crippen molar-refractivity contribution in [2.45, 2.75) is 32.9 Å². The van der Waals surface area contributed by atoms with E-state index >= 15 is 0 Å². The van der Waals surface area contributed by atoms with E-state index in [1.54, 1.807) is 0 Å². The van der Waals surface area contributed by atoms with Gasteiger partial charge in [0, 0.05) is 13.2 Å². The lowest BCUT2D eigenvalue weighted by atomic mass is 10.2. The molecule has 0 saturated carbocycles. The lowest BCUT2D eigenvalue weighted by Gasteiger charge is -2.08. The molecule has 0 fully saturated rings. The molecular formula is C13H20Cl3NO. The number of rotatable bonds is 7. The summed E-state index contributed by atoms with van der Waals surface area (Å²) in [6, 6.07) is 5.69. The lowest BCUT2D eigenvalue weighted by Crippen LogP contribution is -2.17. The first-order chi connectivity index (χ1) is 8.09. The van der Waals surface area contributed by atoms with Crippen molar-refractivity contribution in [1.29, 1.82) is 0 Å². The third-order valence-corrected chi connectivity index (χ3v) is 3.00. The van der Waals surface area contributed by atoms with Gasteiger partial charge in [-0.1, -0.05) is 29.3 Å². The van der Waals surface area contributed by atoms with Crippen LogP contribution in [-0.4, -0.2) is 19.3 Å². The van der Waals surface area contributed by atoms with Gasteiger partial charge in [-0.05, 0) is 44.5 Å². The maximum Gasteiger partial charge on any atom is 0.0595 e. The quantitative estimate of drug-likeness (QED) is 0.757. The van der Waals surface area contributed by atoms with Crippen LogP contribution in [0.5, 0.6) is 0 Å². The van der Waals surface area contributed by atoms with Crippen molar-refractivity contribution >= 4 is 35.6 Å². The number of nitrogens with one attached hydrogen (secondary N) is 1. The third-order valence-electron chi connectivity index (χ3n) is 2.26. The van der Waals surface area contributed by atoms with Gasteiger partial charge in [-0.3, -0.25) is 0 Å². The van der Waals surface area contributed by atoms with E-state index in [4.69, 9.17) is 27.9 Å². The molecule has 0 aliphatic carbocycles. The van der Waals surface area contributed by atoms with Gasteiger partial charge in [-0.15, -0.1) is 12.4 Å². The molecule has 0 amide bonds. The van der Waals surface area contributed by atoms with E-state index in [0.717, 1.165) is 31.7 Å². The molecule has 0 saturated heterocycles. The molecule has 1 N–H and O–H groups in total. The van der Waals surface area contributed by atoms with Crippen molar-refractivity contribution in [2.24, 2.45) is 0 Å². The Balaban J connectivity index is 0.00000289. The molecule has 0 aliphatic heterocycles. The second-order valence-electron chi connectivity index (χ2n) is 4.20. The van der Waals surface area contributed by atoms with Crippen LogP contribution in [0.1, 0.15) is 25.8 Å². The fourth-order valence-electron chi connectivity index (χ4n) is 1.40. The van der Waals surface area contributed by atoms with Crippen molar-refractivity contribution in [2.75, 3.05) is 13.2 Å². The number of hydrogen-bond acceptors (Lipinski definition) is 2. The Morgan fingerprint density at radius 3 is 2.56 bits per heavy atom. The van der Waals surface area contributed by atoms with Crippen molar-refractivity contribution in [3.8, 4) is 0 Å². The minimum atomic E-state index is 0. The summed E-state index contributed by atoms with van der Waals surface area (Å²) in [7, 11) is 0. The van der Waals surface area contributed by atoms with Gasteiger partial charge in [-0.25, -0.2) is 0 Å². The Hall–Kier alpha value is 0.01000. The predicted molar refractivity (Wildman–Crippen MR) is 81.1 cm³/mol. The largest absolute Gasteiger partial charge is 0.379 e. The van der Waals surface area contributed by atoms with Crippen LogP contribution in [0.4, 0.5) is 0 Å². The van der Waals surface area contributed by atoms with Crippen LogP contribution < -0.4 is 5.32 Å². The fraction of sp³-hybridized carbons (Fsp3) is 0.538. The highest BCUT2D eigenvalue weighted by Crippen LogP contribution is 2.22. The zero-order chi connectivity index (χ0) is 12.7. The molecule has 0 heterocycles. The third kappa shape index (κ3) is 7.45. The Morgan fingerprint density at radius 1 is 1.22 bits per heavy atom. The van der Waals surface area contributed by atoms with Crippen LogP contribution in [0.15, 0.2) is 18.2 Å². The van der Waals surface area contributed by atoms with E-state index in [1.807, 2.05) is 32.0 Å². The van der Waals surface area contributed by atoms with Crippen LogP contribution in [0.25, 0.3) is 0 Å². The molecule has 0 aliphatic rings. The van der Waals surface area contributed by atoms with Crippen LogP contribution in [0, 0.1) is 0 Å². The van der Waals surface area contributed by atoms with E-state index in [0.29, 0.717) is 16.1 Å². The van der Waals surface area contributed by atoms with Gasteiger partial charge in [-0.2, -0.15) is 0 Å². The summed E-state index contributed by atoms with van der Waals surface area (Å²) in [6.45, 7) is 6.63. The number of benzene rings is 1. The molecule has 18 heavy (non-hydrogen) atoms. The van der Waals surface area contributed by atoms with Crippen LogP contribution in [0.3, 0.4) is 0 Å². The predicted octanol–water partition coefficient (Wildman–Crippen LogP) is 4.32. The maximum absolute atomic E-state index is 5.93. The van der Waals surface area contributed by atoms with Crippen molar-refractivity contribution in [1.82, 2.24) is 5.32 Å². The number of hydrogen-bond donors (Lipinski definition) is 1. The standard InChI is InChI=1S/C13H19Cl2NO.ClH/c1-10(2)17-7-3-6-16-9-11-4-5-12(14)13(15)8-11;/h4-5,8,10,16H,3,6-7,9H2,1-2H3;1H. The minimum Gasteiger partial charge on any atom is -0.379 e. The van der Waals surface area contributed by atoms with E-state index in [1.165, 1.54) is 0 Å². The van der Waals surface area contributed by atoms with Crippen LogP contribution in [0.2, 0.25) is 10.0 Å². The molecule has 1 rings (SSSR count). The Morgan fingerprint density at radius 2 is 1.94 bits per heavy atom. The number of halogens is 3. The number of ether oxygens (including phenoxy) is 1. The van der Waals surface area contributed by atoms with Crippen molar-refractivity contribution in [3.05, 3.63) is 33.8 Å². The van der Waals surface area contributed by atoms with Crippen LogP contribution >= 0.6 is 35.6 Å². The highest BCUT2D eigenvalue weighted by molar-refractivity contribution is 6.42. The van der Waals surface area contributed by atoms with E-state index in [2.05, 4.69) is 5.32 Å².